The molecule has 2 aromatic rings. The van der Waals surface area contributed by atoms with Crippen molar-refractivity contribution in [3.05, 3.63) is 42.1 Å². The standard InChI is InChI=1S/C10H8IN/c11-7-9-6-5-8-3-1-2-4-10(8)12-9/h1-6H,7H2. The van der Waals surface area contributed by atoms with Gasteiger partial charge in [-0.1, -0.05) is 46.9 Å². The van der Waals surface area contributed by atoms with Crippen LogP contribution in [0.4, 0.5) is 0 Å². The van der Waals surface area contributed by atoms with Crippen LogP contribution in [0, 0.1) is 0 Å². The van der Waals surface area contributed by atoms with Crippen molar-refractivity contribution >= 4 is 33.5 Å². The molecule has 1 aromatic carbocycles. The third-order valence-corrected chi connectivity index (χ3v) is 2.57. The van der Waals surface area contributed by atoms with Gasteiger partial charge in [-0.25, -0.2) is 0 Å². The molecule has 0 radical (unpaired) electrons. The van der Waals surface area contributed by atoms with Gasteiger partial charge in [0.05, 0.1) is 11.2 Å². The van der Waals surface area contributed by atoms with Gasteiger partial charge in [0.1, 0.15) is 0 Å². The Hall–Kier alpha value is -0.640. The normalized spacial score (nSPS) is 10.4. The Kier molecular flexibility index (Phi) is 2.26. The summed E-state index contributed by atoms with van der Waals surface area (Å²) in [4.78, 5) is 4.49. The average molecular weight is 269 g/mol. The summed E-state index contributed by atoms with van der Waals surface area (Å²) in [6.07, 6.45) is 0. The van der Waals surface area contributed by atoms with Gasteiger partial charge in [0.15, 0.2) is 0 Å². The number of halogens is 1. The van der Waals surface area contributed by atoms with E-state index in [4.69, 9.17) is 0 Å². The molecule has 0 saturated heterocycles. The molecule has 0 spiro atoms. The van der Waals surface area contributed by atoms with Crippen molar-refractivity contribution in [3.8, 4) is 0 Å². The Morgan fingerprint density at radius 1 is 1.08 bits per heavy atom. The second-order valence-corrected chi connectivity index (χ2v) is 3.39. The first kappa shape index (κ1) is 7.98. The molecule has 0 aliphatic rings. The monoisotopic (exact) mass is 269 g/mol. The van der Waals surface area contributed by atoms with Crippen LogP contribution >= 0.6 is 22.6 Å². The molecule has 0 atom stereocenters. The molecule has 12 heavy (non-hydrogen) atoms. The molecule has 0 aliphatic carbocycles. The topological polar surface area (TPSA) is 12.9 Å². The number of hydrogen-bond acceptors (Lipinski definition) is 1. The van der Waals surface area contributed by atoms with E-state index in [-0.39, 0.29) is 0 Å². The van der Waals surface area contributed by atoms with Crippen molar-refractivity contribution in [1.82, 2.24) is 4.98 Å². The quantitative estimate of drug-likeness (QED) is 0.572. The lowest BCUT2D eigenvalue weighted by Crippen LogP contribution is -1.84. The van der Waals surface area contributed by atoms with E-state index in [9.17, 15) is 0 Å². The van der Waals surface area contributed by atoms with E-state index in [1.165, 1.54) is 5.39 Å². The second-order valence-electron chi connectivity index (χ2n) is 2.63. The molecular formula is C10H8IN. The molecule has 1 heterocycles. The molecule has 2 heteroatoms. The maximum atomic E-state index is 4.49. The Morgan fingerprint density at radius 2 is 1.92 bits per heavy atom. The van der Waals surface area contributed by atoms with E-state index in [1.807, 2.05) is 18.2 Å². The van der Waals surface area contributed by atoms with Crippen molar-refractivity contribution in [2.75, 3.05) is 0 Å². The van der Waals surface area contributed by atoms with E-state index >= 15 is 0 Å². The summed E-state index contributed by atoms with van der Waals surface area (Å²) in [6, 6.07) is 12.4. The Labute approximate surface area is 85.0 Å². The van der Waals surface area contributed by atoms with Crippen molar-refractivity contribution in [2.24, 2.45) is 0 Å². The number of hydrogen-bond donors (Lipinski definition) is 0. The van der Waals surface area contributed by atoms with Crippen LogP contribution in [0.5, 0.6) is 0 Å². The van der Waals surface area contributed by atoms with Crippen LogP contribution < -0.4 is 0 Å². The summed E-state index contributed by atoms with van der Waals surface area (Å²) in [5.41, 5.74) is 2.24. The highest BCUT2D eigenvalue weighted by Gasteiger charge is 1.94. The van der Waals surface area contributed by atoms with E-state index in [1.54, 1.807) is 0 Å². The predicted molar refractivity (Wildman–Crippen MR) is 59.5 cm³/mol. The van der Waals surface area contributed by atoms with Crippen molar-refractivity contribution in [2.45, 2.75) is 4.43 Å². The van der Waals surface area contributed by atoms with E-state index in [0.29, 0.717) is 0 Å². The zero-order valence-electron chi connectivity index (χ0n) is 6.50. The fraction of sp³-hybridized carbons (Fsp3) is 0.100. The minimum Gasteiger partial charge on any atom is -0.252 e. The number of alkyl halides is 1. The molecule has 0 N–H and O–H groups in total. The van der Waals surface area contributed by atoms with Gasteiger partial charge in [-0.2, -0.15) is 0 Å². The molecule has 60 valence electrons. The van der Waals surface area contributed by atoms with Crippen LogP contribution in [0.25, 0.3) is 10.9 Å². The van der Waals surface area contributed by atoms with Gasteiger partial charge in [0.25, 0.3) is 0 Å². The van der Waals surface area contributed by atoms with Gasteiger partial charge in [0, 0.05) is 9.81 Å². The van der Waals surface area contributed by atoms with Crippen LogP contribution in [0.1, 0.15) is 5.69 Å². The van der Waals surface area contributed by atoms with Crippen molar-refractivity contribution in [1.29, 1.82) is 0 Å². The lowest BCUT2D eigenvalue weighted by atomic mass is 10.2. The number of fused-ring (bicyclic) bond motifs is 1. The summed E-state index contributed by atoms with van der Waals surface area (Å²) in [6.45, 7) is 0. The van der Waals surface area contributed by atoms with E-state index in [2.05, 4.69) is 45.8 Å². The lowest BCUT2D eigenvalue weighted by molar-refractivity contribution is 1.25. The van der Waals surface area contributed by atoms with Crippen molar-refractivity contribution in [3.63, 3.8) is 0 Å². The first-order chi connectivity index (χ1) is 5.90. The van der Waals surface area contributed by atoms with E-state index in [0.717, 1.165) is 15.6 Å². The maximum absolute atomic E-state index is 4.49. The van der Waals surface area contributed by atoms with Crippen LogP contribution in [0.3, 0.4) is 0 Å². The molecule has 0 unspecified atom stereocenters. The summed E-state index contributed by atoms with van der Waals surface area (Å²) in [7, 11) is 0. The molecule has 0 saturated carbocycles. The summed E-state index contributed by atoms with van der Waals surface area (Å²) in [5, 5.41) is 1.21. The number of para-hydroxylation sites is 1. The van der Waals surface area contributed by atoms with Crippen LogP contribution in [0.15, 0.2) is 36.4 Å². The highest BCUT2D eigenvalue weighted by atomic mass is 127. The molecule has 0 fully saturated rings. The number of pyridine rings is 1. The Bertz CT molecular complexity index is 398. The molecule has 0 aliphatic heterocycles. The summed E-state index contributed by atoms with van der Waals surface area (Å²) >= 11 is 2.32. The van der Waals surface area contributed by atoms with E-state index < -0.39 is 0 Å². The number of nitrogens with zero attached hydrogens (tertiary/aromatic N) is 1. The largest absolute Gasteiger partial charge is 0.252 e. The van der Waals surface area contributed by atoms with Gasteiger partial charge in [-0.05, 0) is 12.1 Å². The van der Waals surface area contributed by atoms with Crippen LogP contribution in [-0.2, 0) is 4.43 Å². The number of aromatic nitrogens is 1. The summed E-state index contributed by atoms with van der Waals surface area (Å²) < 4.78 is 0.975. The molecule has 1 aromatic heterocycles. The third-order valence-electron chi connectivity index (χ3n) is 1.79. The summed E-state index contributed by atoms with van der Waals surface area (Å²) in [5.74, 6) is 0. The molecular weight excluding hydrogens is 261 g/mol. The highest BCUT2D eigenvalue weighted by molar-refractivity contribution is 14.1. The molecule has 2 rings (SSSR count). The van der Waals surface area contributed by atoms with Gasteiger partial charge in [-0.15, -0.1) is 0 Å². The van der Waals surface area contributed by atoms with Crippen LogP contribution in [0.2, 0.25) is 0 Å². The molecule has 0 amide bonds. The van der Waals surface area contributed by atoms with Gasteiger partial charge in [0.2, 0.25) is 0 Å². The smallest absolute Gasteiger partial charge is 0.0705 e. The minimum absolute atomic E-state index is 0.975. The molecule has 1 nitrogen and oxygen atoms in total. The number of rotatable bonds is 1. The average Bonchev–Trinajstić information content (AvgIpc) is 2.17. The third kappa shape index (κ3) is 1.43. The second kappa shape index (κ2) is 3.39. The fourth-order valence-corrected chi connectivity index (χ4v) is 1.61. The zero-order valence-corrected chi connectivity index (χ0v) is 8.65. The first-order valence-corrected chi connectivity index (χ1v) is 5.33. The molecule has 0 bridgehead atoms. The minimum atomic E-state index is 0.975. The maximum Gasteiger partial charge on any atom is 0.0705 e. The highest BCUT2D eigenvalue weighted by Crippen LogP contribution is 2.12. The first-order valence-electron chi connectivity index (χ1n) is 3.81. The van der Waals surface area contributed by atoms with Gasteiger partial charge >= 0.3 is 0 Å². The van der Waals surface area contributed by atoms with Gasteiger partial charge in [-0.3, -0.25) is 4.98 Å². The van der Waals surface area contributed by atoms with Gasteiger partial charge < -0.3 is 0 Å². The SMILES string of the molecule is ICc1ccc2ccccc2n1. The van der Waals surface area contributed by atoms with Crippen LogP contribution in [-0.4, -0.2) is 4.98 Å². The zero-order chi connectivity index (χ0) is 8.39. The lowest BCUT2D eigenvalue weighted by Gasteiger charge is -1.98. The van der Waals surface area contributed by atoms with Crippen molar-refractivity contribution < 1.29 is 0 Å². The fourth-order valence-electron chi connectivity index (χ4n) is 1.18. The predicted octanol–water partition coefficient (Wildman–Crippen LogP) is 3.17. The Balaban J connectivity index is 2.67. The number of benzene rings is 1. The Morgan fingerprint density at radius 3 is 2.75 bits per heavy atom.